The van der Waals surface area contributed by atoms with E-state index in [0.717, 1.165) is 49.6 Å². The van der Waals surface area contributed by atoms with Crippen LogP contribution >= 0.6 is 36.1 Å². The molecule has 0 radical (unpaired) electrons. The van der Waals surface area contributed by atoms with Crippen molar-refractivity contribution in [3.8, 4) is 17.2 Å². The molecule has 0 fully saturated rings. The second-order valence-corrected chi connectivity index (χ2v) is 22.9. The molecule has 7 aromatic carbocycles. The molecule has 0 bridgehead atoms. The summed E-state index contributed by atoms with van der Waals surface area (Å²) in [6, 6.07) is 13.4. The number of aromatic hydroxyl groups is 2. The largest absolute Gasteiger partial charge is 0.505 e. The highest BCUT2D eigenvalue weighted by Crippen LogP contribution is 2.52. The van der Waals surface area contributed by atoms with Gasteiger partial charge < -0.3 is 20.7 Å². The number of benzene rings is 7. The molecule has 7 aromatic rings. The number of nitrogens with zero attached hydrogens (tertiary/aromatic N) is 9. The summed E-state index contributed by atoms with van der Waals surface area (Å²) in [4.78, 5) is 5.70. The van der Waals surface area contributed by atoms with Gasteiger partial charge >= 0.3 is 0 Å². The average molecular weight is 1280 g/mol. The van der Waals surface area contributed by atoms with Crippen LogP contribution in [0.15, 0.2) is 160 Å². The van der Waals surface area contributed by atoms with Crippen molar-refractivity contribution in [2.75, 3.05) is 12.8 Å². The summed E-state index contributed by atoms with van der Waals surface area (Å²) in [7, 11) is -20.1. The topological polar surface area (TPSA) is 551 Å². The van der Waals surface area contributed by atoms with Gasteiger partial charge in [0, 0.05) is 16.2 Å². The van der Waals surface area contributed by atoms with Crippen molar-refractivity contribution in [3.63, 3.8) is 0 Å². The number of hydrogen-bond donors (Lipinski definition) is 10. The summed E-state index contributed by atoms with van der Waals surface area (Å²) in [5, 5.41) is 100. The number of fused-ring (bicyclic) bond motifs is 2. The van der Waals surface area contributed by atoms with E-state index in [0.29, 0.717) is 12.1 Å². The molecular formula is C39H28N10O26S7. The lowest BCUT2D eigenvalue weighted by atomic mass is 10.0. The molecule has 43 heteroatoms. The van der Waals surface area contributed by atoms with Crippen molar-refractivity contribution in [2.24, 2.45) is 40.9 Å². The zero-order chi connectivity index (χ0) is 60.1. The van der Waals surface area contributed by atoms with E-state index in [1.807, 2.05) is 0 Å². The fourth-order valence-electron chi connectivity index (χ4n) is 6.97. The van der Waals surface area contributed by atoms with Crippen LogP contribution in [-0.2, 0) is 68.6 Å². The van der Waals surface area contributed by atoms with Crippen molar-refractivity contribution in [1.82, 2.24) is 0 Å². The molecule has 0 aromatic heterocycles. The normalized spacial score (nSPS) is 12.8. The summed E-state index contributed by atoms with van der Waals surface area (Å²) >= 11 is 0.468. The maximum Gasteiger partial charge on any atom is 0.297 e. The number of azo groups is 4. The fraction of sp³-hybridized carbons (Fsp3) is 0.0256. The number of nitro groups is 1. The number of nitrogen functional groups attached to an aromatic ring is 1. The van der Waals surface area contributed by atoms with Gasteiger partial charge in [-0.2, -0.15) is 43.9 Å². The summed E-state index contributed by atoms with van der Waals surface area (Å²) in [6.45, 7) is 0. The molecule has 0 atom stereocenters. The quantitative estimate of drug-likeness (QED) is 0.00541. The SMILES string of the molecule is COc1cc([N+](=O)[O-])c(SOOO)cc1N=Nc1c(SOOO)cc2c(S(=O)(=O)O)cc(N=Nc3ccc4c(O)c(N=Nc5ccc(N=Nc6ccc(S(=O)(=O)O)cc6)cc5SOOO)c(S(=O)(=O)O)cc4c3S(=O)(=O)O)c(N)c2c1O. The third kappa shape index (κ3) is 14.0. The predicted octanol–water partition coefficient (Wildman–Crippen LogP) is 10.8. The lowest BCUT2D eigenvalue weighted by molar-refractivity contribution is -0.432. The van der Waals surface area contributed by atoms with Crippen LogP contribution in [0.4, 0.5) is 56.9 Å². The Morgan fingerprint density at radius 1 is 0.512 bits per heavy atom. The minimum Gasteiger partial charge on any atom is -0.505 e. The van der Waals surface area contributed by atoms with Crippen molar-refractivity contribution >= 4 is 155 Å². The number of rotatable bonds is 23. The molecule has 0 aliphatic heterocycles. The minimum absolute atomic E-state index is 0.0325. The van der Waals surface area contributed by atoms with E-state index in [1.54, 1.807) is 0 Å². The Balaban J connectivity index is 1.35. The highest BCUT2D eigenvalue weighted by Gasteiger charge is 2.30. The second-order valence-electron chi connectivity index (χ2n) is 15.2. The molecule has 432 valence electrons. The van der Waals surface area contributed by atoms with E-state index < -0.39 is 137 Å². The molecule has 0 saturated carbocycles. The van der Waals surface area contributed by atoms with E-state index in [1.165, 1.54) is 30.3 Å². The van der Waals surface area contributed by atoms with Gasteiger partial charge in [0.05, 0.1) is 91.4 Å². The third-order valence-electron chi connectivity index (χ3n) is 10.4. The number of methoxy groups -OCH3 is 1. The van der Waals surface area contributed by atoms with Gasteiger partial charge in [-0.1, -0.05) is 15.1 Å². The third-order valence-corrected chi connectivity index (χ3v) is 15.8. The number of phenolic OH excluding ortho intramolecular Hbond substituents is 2. The van der Waals surface area contributed by atoms with Crippen LogP contribution in [0.2, 0.25) is 0 Å². The molecule has 0 heterocycles. The van der Waals surface area contributed by atoms with Crippen molar-refractivity contribution in [2.45, 2.75) is 34.3 Å². The van der Waals surface area contributed by atoms with Gasteiger partial charge in [-0.15, -0.1) is 43.7 Å². The molecule has 7 rings (SSSR count). The second kappa shape index (κ2) is 25.3. The molecule has 0 spiro atoms. The number of anilines is 1. The Morgan fingerprint density at radius 2 is 1.06 bits per heavy atom. The van der Waals surface area contributed by atoms with Gasteiger partial charge in [-0.05, 0) is 78.9 Å². The average Bonchev–Trinajstić information content (AvgIpc) is 1.84. The van der Waals surface area contributed by atoms with Gasteiger partial charge in [-0.3, -0.25) is 28.3 Å². The van der Waals surface area contributed by atoms with E-state index in [-0.39, 0.29) is 74.4 Å². The molecule has 0 saturated heterocycles. The molecule has 0 unspecified atom stereocenters. The van der Waals surface area contributed by atoms with Gasteiger partial charge in [0.15, 0.2) is 17.2 Å². The lowest BCUT2D eigenvalue weighted by Gasteiger charge is -2.15. The summed E-state index contributed by atoms with van der Waals surface area (Å²) in [5.74, 6) is -2.65. The first-order valence-electron chi connectivity index (χ1n) is 20.7. The summed E-state index contributed by atoms with van der Waals surface area (Å²) in [6.07, 6.45) is 0. The molecule has 11 N–H and O–H groups in total. The molecule has 0 aliphatic carbocycles. The van der Waals surface area contributed by atoms with Gasteiger partial charge in [0.1, 0.15) is 53.7 Å². The van der Waals surface area contributed by atoms with Gasteiger partial charge in [0.25, 0.3) is 46.2 Å². The first kappa shape index (κ1) is 62.0. The zero-order valence-electron chi connectivity index (χ0n) is 39.5. The van der Waals surface area contributed by atoms with Gasteiger partial charge in [0.2, 0.25) is 0 Å². The van der Waals surface area contributed by atoms with E-state index in [2.05, 4.69) is 69.0 Å². The molecule has 0 amide bonds. The zero-order valence-corrected chi connectivity index (χ0v) is 45.2. The Hall–Kier alpha value is -7.61. The van der Waals surface area contributed by atoms with E-state index in [4.69, 9.17) is 26.2 Å². The standard InChI is InChI=1S/C39H28N10O26S7/c1-69-27-15-26(49(52)53)29(77-74-71-55)13-24(27)45-47-35-30(78-75-72-56)11-21-31(80(60,61)62)14-25(34(40)33(21)38(35)51)46-44-23-9-7-19-20(39(23)82(66,67)68)12-32(81(63,64)65)36(37(19)50)48-43-22-8-4-17(10-28(22)76-73-70-54)42-41-16-2-5-18(6-3-16)79(57,58)59/h2-15,50-51,54-56H,40H2,1H3,(H,57,58,59)(H,60,61,62)(H,63,64,65)(H,66,67,68). The number of nitro benzene ring substituents is 1. The first-order valence-corrected chi connectivity index (χ1v) is 28.7. The number of phenols is 2. The minimum atomic E-state index is -5.65. The van der Waals surface area contributed by atoms with Crippen LogP contribution in [0.1, 0.15) is 0 Å². The Bertz CT molecular complexity index is 4310. The van der Waals surface area contributed by atoms with Crippen LogP contribution in [-0.4, -0.2) is 89.9 Å². The maximum absolute atomic E-state index is 13.2. The van der Waals surface area contributed by atoms with Crippen LogP contribution in [0.3, 0.4) is 0 Å². The molecular weight excluding hydrogens is 1250 g/mol. The first-order chi connectivity index (χ1) is 38.6. The van der Waals surface area contributed by atoms with E-state index >= 15 is 0 Å². The monoisotopic (exact) mass is 1280 g/mol. The maximum atomic E-state index is 13.2. The summed E-state index contributed by atoms with van der Waals surface area (Å²) in [5.41, 5.74) is 1.05. The Kier molecular flexibility index (Phi) is 19.1. The highest BCUT2D eigenvalue weighted by molar-refractivity contribution is 7.95. The number of hydrogen-bond acceptors (Lipinski definition) is 34. The molecule has 0 aliphatic rings. The van der Waals surface area contributed by atoms with Crippen molar-refractivity contribution < 1.29 is 116 Å². The predicted molar refractivity (Wildman–Crippen MR) is 276 cm³/mol. The van der Waals surface area contributed by atoms with Crippen LogP contribution in [0.5, 0.6) is 17.2 Å². The fourth-order valence-corrected chi connectivity index (χ4v) is 11.0. The van der Waals surface area contributed by atoms with Crippen LogP contribution in [0, 0.1) is 10.1 Å². The van der Waals surface area contributed by atoms with Crippen LogP contribution in [0.25, 0.3) is 21.5 Å². The van der Waals surface area contributed by atoms with Crippen molar-refractivity contribution in [3.05, 3.63) is 95.0 Å². The lowest BCUT2D eigenvalue weighted by Crippen LogP contribution is -2.03. The number of ether oxygens (including phenoxy) is 1. The summed E-state index contributed by atoms with van der Waals surface area (Å²) < 4.78 is 160. The van der Waals surface area contributed by atoms with Crippen LogP contribution < -0.4 is 10.5 Å². The smallest absolute Gasteiger partial charge is 0.297 e. The van der Waals surface area contributed by atoms with E-state index in [9.17, 15) is 72.2 Å². The van der Waals surface area contributed by atoms with Gasteiger partial charge in [-0.25, -0.2) is 15.8 Å². The number of nitrogens with two attached hydrogens (primary N) is 1. The molecule has 36 nitrogen and oxygen atoms in total. The highest BCUT2D eigenvalue weighted by atomic mass is 32.2. The Morgan fingerprint density at radius 3 is 1.65 bits per heavy atom. The van der Waals surface area contributed by atoms with Crippen molar-refractivity contribution in [1.29, 1.82) is 0 Å². The molecule has 82 heavy (non-hydrogen) atoms. The Labute approximate surface area is 468 Å².